The summed E-state index contributed by atoms with van der Waals surface area (Å²) in [5.41, 5.74) is 0. The molecule has 4 aliphatic rings. The Morgan fingerprint density at radius 3 is 0.727 bits per heavy atom. The summed E-state index contributed by atoms with van der Waals surface area (Å²) in [4.78, 5) is 0. The second-order valence-electron chi connectivity index (χ2n) is 12.7. The zero-order valence-electron chi connectivity index (χ0n) is 23.6. The van der Waals surface area contributed by atoms with Crippen LogP contribution in [0.25, 0.3) is 0 Å². The van der Waals surface area contributed by atoms with E-state index in [2.05, 4.69) is 76.2 Å². The van der Waals surface area contributed by atoms with Crippen molar-refractivity contribution < 1.29 is 35.6 Å². The van der Waals surface area contributed by atoms with Crippen molar-refractivity contribution in [2.24, 2.45) is 101 Å². The molecule has 16 atom stereocenters. The Morgan fingerprint density at radius 1 is 0.394 bits per heavy atom. The van der Waals surface area contributed by atoms with Crippen molar-refractivity contribution in [1.82, 2.24) is 0 Å². The predicted molar refractivity (Wildman–Crippen MR) is 148 cm³/mol. The maximum absolute atomic E-state index is 9.47. The third-order valence-corrected chi connectivity index (χ3v) is 12.6. The van der Waals surface area contributed by atoms with Gasteiger partial charge >= 0.3 is 0 Å². The van der Waals surface area contributed by atoms with Gasteiger partial charge in [0, 0.05) is 32.7 Å². The van der Waals surface area contributed by atoms with Gasteiger partial charge in [-0.3, -0.25) is 0 Å². The van der Waals surface area contributed by atoms with Crippen molar-refractivity contribution in [3.63, 3.8) is 0 Å². The van der Waals surface area contributed by atoms with Crippen molar-refractivity contribution in [2.75, 3.05) is 0 Å². The SMILES string of the molecule is FI.[CH2-]C.[CH2-]C1C(C)C2C(C1C)C1C(C)C(C)C(C)C(C)C1C1C(C)C(C)C(C)C(C)C21.[Y]. The monoisotopic (exact) mass is 649 g/mol. The molecule has 0 spiro atoms. The Labute approximate surface area is 247 Å². The molecule has 0 N–H and O–H groups in total. The van der Waals surface area contributed by atoms with Crippen molar-refractivity contribution in [2.45, 2.75) is 76.2 Å². The normalized spacial score (nSPS) is 57.0. The van der Waals surface area contributed by atoms with Crippen LogP contribution in [0.3, 0.4) is 0 Å². The molecule has 0 aromatic carbocycles. The Bertz CT molecular complexity index is 548. The zero-order valence-corrected chi connectivity index (χ0v) is 28.6. The van der Waals surface area contributed by atoms with Crippen LogP contribution < -0.4 is 0 Å². The van der Waals surface area contributed by atoms with E-state index in [4.69, 9.17) is 6.92 Å². The second-order valence-corrected chi connectivity index (χ2v) is 12.7. The molecule has 193 valence electrons. The number of fused-ring (bicyclic) bond motifs is 6. The van der Waals surface area contributed by atoms with E-state index in [1.807, 2.05) is 0 Å². The van der Waals surface area contributed by atoms with Crippen LogP contribution in [0, 0.1) is 114 Å². The zero-order chi connectivity index (χ0) is 24.8. The van der Waals surface area contributed by atoms with E-state index in [0.29, 0.717) is 29.1 Å². The van der Waals surface area contributed by atoms with Gasteiger partial charge in [-0.2, -0.15) is 15.7 Å². The number of hydrogen-bond donors (Lipinski definition) is 0. The van der Waals surface area contributed by atoms with Crippen molar-refractivity contribution in [3.05, 3.63) is 13.8 Å². The van der Waals surface area contributed by atoms with E-state index in [9.17, 15) is 2.86 Å². The molecule has 0 aliphatic heterocycles. The number of rotatable bonds is 0. The van der Waals surface area contributed by atoms with Crippen molar-refractivity contribution in [3.8, 4) is 0 Å². The fourth-order valence-electron chi connectivity index (χ4n) is 10.1. The Hall–Kier alpha value is 1.76. The summed E-state index contributed by atoms with van der Waals surface area (Å²) >= 11 is 0.650. The predicted octanol–water partition coefficient (Wildman–Crippen LogP) is 9.69. The van der Waals surface area contributed by atoms with Gasteiger partial charge in [-0.15, -0.1) is 0 Å². The summed E-state index contributed by atoms with van der Waals surface area (Å²) in [5, 5.41) is 0. The largest absolute Gasteiger partial charge is 0.346 e. The van der Waals surface area contributed by atoms with Gasteiger partial charge in [0.15, 0.2) is 23.2 Å². The first-order valence-corrected chi connectivity index (χ1v) is 14.5. The van der Waals surface area contributed by atoms with Gasteiger partial charge in [-0.1, -0.05) is 81.1 Å². The molecule has 16 unspecified atom stereocenters. The van der Waals surface area contributed by atoms with Crippen LogP contribution in [0.2, 0.25) is 0 Å². The molecular weight excluding hydrogens is 595 g/mol. The molecule has 0 aromatic heterocycles. The molecule has 0 bridgehead atoms. The Balaban J connectivity index is 0.00000103. The smallest absolute Gasteiger partial charge is 0.171 e. The molecule has 0 aromatic rings. The van der Waals surface area contributed by atoms with Gasteiger partial charge in [0.2, 0.25) is 0 Å². The van der Waals surface area contributed by atoms with Crippen LogP contribution in [-0.4, -0.2) is 0 Å². The molecule has 1 radical (unpaired) electrons. The molecule has 0 nitrogen and oxygen atoms in total. The molecule has 0 heterocycles. The van der Waals surface area contributed by atoms with Gasteiger partial charge in [-0.25, -0.2) is 0 Å². The van der Waals surface area contributed by atoms with Gasteiger partial charge in [0.1, 0.15) is 0 Å². The summed E-state index contributed by atoms with van der Waals surface area (Å²) in [6.07, 6.45) is 0. The average molecular weight is 650 g/mol. The maximum Gasteiger partial charge on any atom is 0.171 e. The van der Waals surface area contributed by atoms with Gasteiger partial charge in [0.25, 0.3) is 0 Å². The summed E-state index contributed by atoms with van der Waals surface area (Å²) in [6, 6.07) is 0. The third kappa shape index (κ3) is 5.10. The topological polar surface area (TPSA) is 0 Å². The molecule has 0 saturated heterocycles. The first-order chi connectivity index (χ1) is 15.0. The molecule has 4 saturated carbocycles. The van der Waals surface area contributed by atoms with Crippen LogP contribution in [0.4, 0.5) is 2.86 Å². The Morgan fingerprint density at radius 2 is 0.545 bits per heavy atom. The fraction of sp³-hybridized carbons (Fsp3) is 0.933. The first-order valence-electron chi connectivity index (χ1n) is 13.7. The van der Waals surface area contributed by atoms with E-state index in [1.54, 1.807) is 6.92 Å². The molecule has 33 heavy (non-hydrogen) atoms. The van der Waals surface area contributed by atoms with E-state index >= 15 is 0 Å². The Kier molecular flexibility index (Phi) is 12.9. The van der Waals surface area contributed by atoms with E-state index in [1.165, 1.54) is 0 Å². The molecule has 4 rings (SSSR count). The van der Waals surface area contributed by atoms with Crippen LogP contribution in [0.1, 0.15) is 76.2 Å². The minimum Gasteiger partial charge on any atom is -0.346 e. The summed E-state index contributed by atoms with van der Waals surface area (Å²) in [6.45, 7) is 35.8. The third-order valence-electron chi connectivity index (χ3n) is 12.6. The first kappa shape index (κ1) is 32.8. The molecule has 4 fully saturated rings. The van der Waals surface area contributed by atoms with Gasteiger partial charge in [0.05, 0.1) is 0 Å². The minimum atomic E-state index is 0. The van der Waals surface area contributed by atoms with Gasteiger partial charge < -0.3 is 13.8 Å². The van der Waals surface area contributed by atoms with Crippen LogP contribution >= 0.6 is 23.2 Å². The average Bonchev–Trinajstić information content (AvgIpc) is 3.03. The molecule has 3 heteroatoms. The summed E-state index contributed by atoms with van der Waals surface area (Å²) in [5.74, 6) is 14.9. The second kappa shape index (κ2) is 13.0. The van der Waals surface area contributed by atoms with Crippen molar-refractivity contribution >= 4 is 23.2 Å². The van der Waals surface area contributed by atoms with E-state index in [0.717, 1.165) is 94.7 Å². The molecule has 0 amide bonds. The summed E-state index contributed by atoms with van der Waals surface area (Å²) in [7, 11) is 0. The molecule has 4 aliphatic carbocycles. The minimum absolute atomic E-state index is 0. The number of halogens is 2. The van der Waals surface area contributed by atoms with Gasteiger partial charge in [-0.05, 0) is 82.9 Å². The standard InChI is InChI=1S/C28H49.C2H5.FI.Y/c1-12-14(3)19(8)25-23(17(12)6)24-18(7)13(2)15(4)20(9)26(24)28-22(11)16(5)21(10)27(25)28;2*1-2;/h12-28H,5H2,1-4,6-11H3;1H2,2H3;;/q2*-1;;. The van der Waals surface area contributed by atoms with Crippen molar-refractivity contribution in [1.29, 1.82) is 0 Å². The number of hydrogen-bond acceptors (Lipinski definition) is 0. The molecular formula is C30H54FIY-2. The fourth-order valence-corrected chi connectivity index (χ4v) is 10.1. The summed E-state index contributed by atoms with van der Waals surface area (Å²) < 4.78 is 9.47. The quantitative estimate of drug-likeness (QED) is 0.181. The van der Waals surface area contributed by atoms with Crippen LogP contribution in [0.15, 0.2) is 0 Å². The van der Waals surface area contributed by atoms with E-state index < -0.39 is 0 Å². The van der Waals surface area contributed by atoms with Crippen LogP contribution in [0.5, 0.6) is 0 Å². The maximum atomic E-state index is 9.47. The van der Waals surface area contributed by atoms with E-state index in [-0.39, 0.29) is 32.7 Å². The van der Waals surface area contributed by atoms with Crippen LogP contribution in [-0.2, 0) is 32.7 Å².